The van der Waals surface area contributed by atoms with Gasteiger partial charge in [0.2, 0.25) is 5.91 Å². The molecule has 0 aliphatic heterocycles. The Bertz CT molecular complexity index is 166. The molecule has 1 unspecified atom stereocenters. The third-order valence-electron chi connectivity index (χ3n) is 2.24. The lowest BCUT2D eigenvalue weighted by molar-refractivity contribution is -0.119. The summed E-state index contributed by atoms with van der Waals surface area (Å²) >= 11 is 0. The van der Waals surface area contributed by atoms with Crippen LogP contribution in [0, 0.1) is 5.41 Å². The molecule has 78 valence electrons. The molecule has 0 spiro atoms. The summed E-state index contributed by atoms with van der Waals surface area (Å²) in [6.07, 6.45) is 2.32. The van der Waals surface area contributed by atoms with E-state index >= 15 is 0 Å². The first-order valence-corrected chi connectivity index (χ1v) is 4.92. The van der Waals surface area contributed by atoms with Gasteiger partial charge in [-0.1, -0.05) is 27.2 Å². The lowest BCUT2D eigenvalue weighted by atomic mass is 9.88. The molecule has 3 nitrogen and oxygen atoms in total. The number of nitrogens with two attached hydrogens (primary N) is 1. The predicted molar refractivity (Wildman–Crippen MR) is 55.3 cm³/mol. The quantitative estimate of drug-likeness (QED) is 0.656. The molecule has 0 fully saturated rings. The van der Waals surface area contributed by atoms with Gasteiger partial charge >= 0.3 is 0 Å². The van der Waals surface area contributed by atoms with Crippen LogP contribution in [0.25, 0.3) is 0 Å². The number of amides is 1. The van der Waals surface area contributed by atoms with Crippen molar-refractivity contribution in [3.8, 4) is 0 Å². The highest BCUT2D eigenvalue weighted by Gasteiger charge is 2.18. The van der Waals surface area contributed by atoms with E-state index in [0.29, 0.717) is 0 Å². The van der Waals surface area contributed by atoms with Crippen molar-refractivity contribution in [1.82, 2.24) is 5.32 Å². The second-order valence-electron chi connectivity index (χ2n) is 4.42. The number of carbonyl (C=O) groups is 1. The van der Waals surface area contributed by atoms with Crippen LogP contribution in [0.3, 0.4) is 0 Å². The number of rotatable bonds is 6. The average molecular weight is 186 g/mol. The van der Waals surface area contributed by atoms with Crippen LogP contribution in [0.2, 0.25) is 0 Å². The van der Waals surface area contributed by atoms with Gasteiger partial charge in [0.15, 0.2) is 0 Å². The first-order chi connectivity index (χ1) is 5.89. The second kappa shape index (κ2) is 5.22. The molecule has 0 saturated heterocycles. The molecular weight excluding hydrogens is 164 g/mol. The number of primary amides is 1. The van der Waals surface area contributed by atoms with Crippen molar-refractivity contribution >= 4 is 5.91 Å². The molecular formula is C10H22N2O. The zero-order chi connectivity index (χ0) is 10.5. The lowest BCUT2D eigenvalue weighted by Crippen LogP contribution is -2.43. The fourth-order valence-corrected chi connectivity index (χ4v) is 1.30. The number of carbonyl (C=O) groups excluding carboxylic acids is 1. The van der Waals surface area contributed by atoms with Crippen LogP contribution in [0.5, 0.6) is 0 Å². The summed E-state index contributed by atoms with van der Waals surface area (Å²) < 4.78 is 0. The van der Waals surface area contributed by atoms with Crippen LogP contribution < -0.4 is 11.1 Å². The maximum Gasteiger partial charge on any atom is 0.234 e. The summed E-state index contributed by atoms with van der Waals surface area (Å²) in [5.74, 6) is -0.285. The van der Waals surface area contributed by atoms with Gasteiger partial charge in [-0.15, -0.1) is 0 Å². The smallest absolute Gasteiger partial charge is 0.234 e. The molecule has 0 aliphatic rings. The van der Waals surface area contributed by atoms with Crippen LogP contribution in [-0.4, -0.2) is 18.5 Å². The molecule has 0 radical (unpaired) electrons. The van der Waals surface area contributed by atoms with Crippen LogP contribution in [0.4, 0.5) is 0 Å². The van der Waals surface area contributed by atoms with E-state index in [1.807, 2.05) is 0 Å². The molecule has 1 atom stereocenters. The van der Waals surface area contributed by atoms with Gasteiger partial charge in [-0.3, -0.25) is 4.79 Å². The van der Waals surface area contributed by atoms with Crippen molar-refractivity contribution in [2.75, 3.05) is 6.54 Å². The van der Waals surface area contributed by atoms with Crippen molar-refractivity contribution in [1.29, 1.82) is 0 Å². The molecule has 13 heavy (non-hydrogen) atoms. The standard InChI is InChI=1S/C10H22N2O/c1-5-6-10(3,4)7-12-8(2)9(11)13/h8,12H,5-7H2,1-4H3,(H2,11,13). The maximum absolute atomic E-state index is 10.7. The third kappa shape index (κ3) is 5.64. The minimum Gasteiger partial charge on any atom is -0.368 e. The van der Waals surface area contributed by atoms with Crippen molar-refractivity contribution in [3.63, 3.8) is 0 Å². The van der Waals surface area contributed by atoms with Gasteiger partial charge in [-0.25, -0.2) is 0 Å². The summed E-state index contributed by atoms with van der Waals surface area (Å²) in [5.41, 5.74) is 5.39. The Labute approximate surface area is 81.1 Å². The highest BCUT2D eigenvalue weighted by Crippen LogP contribution is 2.20. The first kappa shape index (κ1) is 12.4. The van der Waals surface area contributed by atoms with Gasteiger partial charge in [0.25, 0.3) is 0 Å². The van der Waals surface area contributed by atoms with Crippen molar-refractivity contribution in [2.45, 2.75) is 46.6 Å². The van der Waals surface area contributed by atoms with E-state index in [1.165, 1.54) is 6.42 Å². The SMILES string of the molecule is CCCC(C)(C)CNC(C)C(N)=O. The summed E-state index contributed by atoms with van der Waals surface area (Å²) in [5, 5.41) is 3.13. The Morgan fingerprint density at radius 3 is 2.46 bits per heavy atom. The van der Waals surface area contributed by atoms with Gasteiger partial charge in [-0.05, 0) is 18.8 Å². The highest BCUT2D eigenvalue weighted by atomic mass is 16.1. The predicted octanol–water partition coefficient (Wildman–Crippen LogP) is 1.28. The van der Waals surface area contributed by atoms with Crippen molar-refractivity contribution in [3.05, 3.63) is 0 Å². The van der Waals surface area contributed by atoms with Gasteiger partial charge in [-0.2, -0.15) is 0 Å². The monoisotopic (exact) mass is 186 g/mol. The zero-order valence-corrected chi connectivity index (χ0v) is 9.18. The summed E-state index contributed by atoms with van der Waals surface area (Å²) in [7, 11) is 0. The summed E-state index contributed by atoms with van der Waals surface area (Å²) in [6.45, 7) is 9.18. The van der Waals surface area contributed by atoms with Crippen LogP contribution in [0.15, 0.2) is 0 Å². The van der Waals surface area contributed by atoms with Crippen LogP contribution in [0.1, 0.15) is 40.5 Å². The molecule has 0 aromatic rings. The summed E-state index contributed by atoms with van der Waals surface area (Å²) in [4.78, 5) is 10.7. The number of nitrogens with one attached hydrogen (secondary N) is 1. The molecule has 0 bridgehead atoms. The molecule has 0 rings (SSSR count). The van der Waals surface area contributed by atoms with Gasteiger partial charge in [0, 0.05) is 6.54 Å². The van der Waals surface area contributed by atoms with E-state index in [1.54, 1.807) is 6.92 Å². The molecule has 0 saturated carbocycles. The zero-order valence-electron chi connectivity index (χ0n) is 9.18. The Balaban J connectivity index is 3.80. The highest BCUT2D eigenvalue weighted by molar-refractivity contribution is 5.79. The largest absolute Gasteiger partial charge is 0.368 e. The first-order valence-electron chi connectivity index (χ1n) is 4.92. The Morgan fingerprint density at radius 1 is 1.54 bits per heavy atom. The third-order valence-corrected chi connectivity index (χ3v) is 2.24. The van der Waals surface area contributed by atoms with Gasteiger partial charge < -0.3 is 11.1 Å². The van der Waals surface area contributed by atoms with Gasteiger partial charge in [0.1, 0.15) is 0 Å². The molecule has 0 aromatic heterocycles. The molecule has 0 heterocycles. The van der Waals surface area contributed by atoms with Crippen LogP contribution in [-0.2, 0) is 4.79 Å². The molecule has 0 aromatic carbocycles. The van der Waals surface area contributed by atoms with Crippen molar-refractivity contribution in [2.24, 2.45) is 11.1 Å². The molecule has 1 amide bonds. The molecule has 0 aliphatic carbocycles. The van der Waals surface area contributed by atoms with E-state index in [4.69, 9.17) is 5.73 Å². The van der Waals surface area contributed by atoms with E-state index in [-0.39, 0.29) is 17.4 Å². The van der Waals surface area contributed by atoms with Gasteiger partial charge in [0.05, 0.1) is 6.04 Å². The van der Waals surface area contributed by atoms with Crippen LogP contribution >= 0.6 is 0 Å². The lowest BCUT2D eigenvalue weighted by Gasteiger charge is -2.25. The van der Waals surface area contributed by atoms with E-state index in [2.05, 4.69) is 26.1 Å². The van der Waals surface area contributed by atoms with Crippen molar-refractivity contribution < 1.29 is 4.79 Å². The van der Waals surface area contributed by atoms with E-state index < -0.39 is 0 Å². The number of hydrogen-bond acceptors (Lipinski definition) is 2. The molecule has 3 heteroatoms. The van der Waals surface area contributed by atoms with E-state index in [9.17, 15) is 4.79 Å². The minimum atomic E-state index is -0.285. The molecule has 3 N–H and O–H groups in total. The fourth-order valence-electron chi connectivity index (χ4n) is 1.30. The second-order valence-corrected chi connectivity index (χ2v) is 4.42. The Morgan fingerprint density at radius 2 is 2.08 bits per heavy atom. The Kier molecular flexibility index (Phi) is 4.99. The van der Waals surface area contributed by atoms with E-state index in [0.717, 1.165) is 13.0 Å². The summed E-state index contributed by atoms with van der Waals surface area (Å²) in [6, 6.07) is -0.226. The Hall–Kier alpha value is -0.570. The minimum absolute atomic E-state index is 0.226. The average Bonchev–Trinajstić information content (AvgIpc) is 2.00. The fraction of sp³-hybridized carbons (Fsp3) is 0.900. The topological polar surface area (TPSA) is 55.1 Å². The number of hydrogen-bond donors (Lipinski definition) is 2. The maximum atomic E-state index is 10.7. The normalized spacial score (nSPS) is 14.2.